The molecule has 0 heterocycles. The predicted molar refractivity (Wildman–Crippen MR) is 65.9 cm³/mol. The molecule has 0 aromatic rings. The number of nitrogens with one attached hydrogen (secondary N) is 1. The zero-order chi connectivity index (χ0) is 11.3. The Balaban J connectivity index is 2.09. The smallest absolute Gasteiger partial charge is 0.00105 e. The van der Waals surface area contributed by atoms with E-state index in [2.05, 4.69) is 39.9 Å². The van der Waals surface area contributed by atoms with Gasteiger partial charge >= 0.3 is 0 Å². The van der Waals surface area contributed by atoms with Gasteiger partial charge in [0, 0.05) is 6.04 Å². The maximum absolute atomic E-state index is 3.65. The van der Waals surface area contributed by atoms with Gasteiger partial charge in [-0.25, -0.2) is 0 Å². The molecule has 0 amide bonds. The number of hydrogen-bond acceptors (Lipinski definition) is 1. The minimum atomic E-state index is 0.564. The van der Waals surface area contributed by atoms with E-state index in [1.807, 2.05) is 0 Å². The molecule has 1 N–H and O–H groups in total. The van der Waals surface area contributed by atoms with Crippen molar-refractivity contribution >= 4 is 0 Å². The first-order valence-corrected chi connectivity index (χ1v) is 6.59. The molecule has 3 atom stereocenters. The highest BCUT2D eigenvalue weighted by atomic mass is 14.9. The van der Waals surface area contributed by atoms with E-state index in [1.165, 1.54) is 25.8 Å². The molecule has 2 aliphatic rings. The molecule has 2 rings (SSSR count). The van der Waals surface area contributed by atoms with Gasteiger partial charge in [0.1, 0.15) is 0 Å². The summed E-state index contributed by atoms with van der Waals surface area (Å²) in [6.45, 7) is 13.2. The summed E-state index contributed by atoms with van der Waals surface area (Å²) in [6.07, 6.45) is 4.41. The van der Waals surface area contributed by atoms with E-state index in [0.29, 0.717) is 16.9 Å². The third-order valence-electron chi connectivity index (χ3n) is 5.30. The molecule has 15 heavy (non-hydrogen) atoms. The van der Waals surface area contributed by atoms with Crippen molar-refractivity contribution in [2.45, 2.75) is 59.9 Å². The van der Waals surface area contributed by atoms with Gasteiger partial charge in [-0.05, 0) is 48.5 Å². The van der Waals surface area contributed by atoms with E-state index in [-0.39, 0.29) is 0 Å². The molecule has 1 nitrogen and oxygen atoms in total. The molecular formula is C14H27N. The molecule has 2 fully saturated rings. The van der Waals surface area contributed by atoms with Gasteiger partial charge < -0.3 is 5.32 Å². The van der Waals surface area contributed by atoms with Crippen LogP contribution in [0.2, 0.25) is 0 Å². The van der Waals surface area contributed by atoms with Crippen LogP contribution in [-0.2, 0) is 0 Å². The first kappa shape index (κ1) is 11.4. The van der Waals surface area contributed by atoms with Crippen LogP contribution in [0, 0.1) is 22.7 Å². The van der Waals surface area contributed by atoms with E-state index in [9.17, 15) is 0 Å². The lowest BCUT2D eigenvalue weighted by Crippen LogP contribution is -2.43. The Hall–Kier alpha value is -0.0400. The van der Waals surface area contributed by atoms with Gasteiger partial charge in [-0.3, -0.25) is 0 Å². The maximum atomic E-state index is 3.65. The molecule has 88 valence electrons. The van der Waals surface area contributed by atoms with E-state index in [0.717, 1.165) is 11.8 Å². The molecule has 0 aliphatic heterocycles. The fraction of sp³-hybridized carbons (Fsp3) is 1.00. The second-order valence-electron chi connectivity index (χ2n) is 7.03. The van der Waals surface area contributed by atoms with Crippen LogP contribution in [0.3, 0.4) is 0 Å². The molecule has 2 aliphatic carbocycles. The quantitative estimate of drug-likeness (QED) is 0.750. The van der Waals surface area contributed by atoms with Gasteiger partial charge in [-0.15, -0.1) is 0 Å². The molecule has 2 saturated carbocycles. The van der Waals surface area contributed by atoms with Crippen LogP contribution in [-0.4, -0.2) is 12.6 Å². The lowest BCUT2D eigenvalue weighted by atomic mass is 9.64. The van der Waals surface area contributed by atoms with Crippen LogP contribution in [0.5, 0.6) is 0 Å². The standard InChI is InChI=1S/C14H27N/c1-10(2)15-9-12-13(3,4)11-6-7-14(12,5)8-11/h10-12,15H,6-9H2,1-5H3. The Morgan fingerprint density at radius 1 is 1.27 bits per heavy atom. The molecule has 3 unspecified atom stereocenters. The summed E-state index contributed by atoms with van der Waals surface area (Å²) in [5.41, 5.74) is 1.20. The maximum Gasteiger partial charge on any atom is 0.00105 e. The topological polar surface area (TPSA) is 12.0 Å². The molecule has 0 aromatic heterocycles. The fourth-order valence-electron chi connectivity index (χ4n) is 4.27. The molecule has 0 radical (unpaired) electrons. The molecule has 0 saturated heterocycles. The van der Waals surface area contributed by atoms with Gasteiger partial charge in [0.2, 0.25) is 0 Å². The SMILES string of the molecule is CC(C)NCC1C2(C)CCC(C2)C1(C)C. The summed E-state index contributed by atoms with van der Waals surface area (Å²) < 4.78 is 0. The summed E-state index contributed by atoms with van der Waals surface area (Å²) in [5, 5.41) is 3.65. The van der Waals surface area contributed by atoms with Crippen molar-refractivity contribution < 1.29 is 0 Å². The van der Waals surface area contributed by atoms with Crippen molar-refractivity contribution in [1.82, 2.24) is 5.32 Å². The Kier molecular flexibility index (Phi) is 2.65. The van der Waals surface area contributed by atoms with Crippen molar-refractivity contribution in [2.24, 2.45) is 22.7 Å². The summed E-state index contributed by atoms with van der Waals surface area (Å²) in [4.78, 5) is 0. The van der Waals surface area contributed by atoms with Crippen LogP contribution < -0.4 is 5.32 Å². The highest BCUT2D eigenvalue weighted by molar-refractivity contribution is 5.08. The van der Waals surface area contributed by atoms with Crippen LogP contribution in [0.25, 0.3) is 0 Å². The van der Waals surface area contributed by atoms with Crippen molar-refractivity contribution in [2.75, 3.05) is 6.54 Å². The monoisotopic (exact) mass is 209 g/mol. The van der Waals surface area contributed by atoms with Crippen LogP contribution in [0.1, 0.15) is 53.9 Å². The molecule has 2 bridgehead atoms. The van der Waals surface area contributed by atoms with Gasteiger partial charge in [0.25, 0.3) is 0 Å². The molecule has 1 heteroatoms. The Morgan fingerprint density at radius 3 is 2.40 bits per heavy atom. The van der Waals surface area contributed by atoms with Crippen LogP contribution in [0.4, 0.5) is 0 Å². The number of fused-ring (bicyclic) bond motifs is 2. The first-order valence-electron chi connectivity index (χ1n) is 6.59. The number of rotatable bonds is 3. The van der Waals surface area contributed by atoms with Crippen molar-refractivity contribution in [1.29, 1.82) is 0 Å². The first-order chi connectivity index (χ1) is 6.86. The zero-order valence-corrected chi connectivity index (χ0v) is 11.1. The Labute approximate surface area is 95.0 Å². The van der Waals surface area contributed by atoms with E-state index in [1.54, 1.807) is 0 Å². The van der Waals surface area contributed by atoms with E-state index >= 15 is 0 Å². The Morgan fingerprint density at radius 2 is 1.93 bits per heavy atom. The lowest BCUT2D eigenvalue weighted by molar-refractivity contribution is 0.0725. The molecule has 0 aromatic carbocycles. The third kappa shape index (κ3) is 1.73. The largest absolute Gasteiger partial charge is 0.314 e. The minimum Gasteiger partial charge on any atom is -0.314 e. The number of hydrogen-bond donors (Lipinski definition) is 1. The highest BCUT2D eigenvalue weighted by Crippen LogP contribution is 2.65. The summed E-state index contributed by atoms with van der Waals surface area (Å²) in [7, 11) is 0. The van der Waals surface area contributed by atoms with Gasteiger partial charge in [-0.2, -0.15) is 0 Å². The molecular weight excluding hydrogens is 182 g/mol. The summed E-state index contributed by atoms with van der Waals surface area (Å²) in [5.74, 6) is 1.87. The summed E-state index contributed by atoms with van der Waals surface area (Å²) >= 11 is 0. The predicted octanol–water partition coefficient (Wildman–Crippen LogP) is 3.45. The summed E-state index contributed by atoms with van der Waals surface area (Å²) in [6, 6.07) is 0.628. The minimum absolute atomic E-state index is 0.564. The Bertz CT molecular complexity index is 239. The third-order valence-corrected chi connectivity index (χ3v) is 5.30. The fourth-order valence-corrected chi connectivity index (χ4v) is 4.27. The second-order valence-corrected chi connectivity index (χ2v) is 7.03. The van der Waals surface area contributed by atoms with Crippen molar-refractivity contribution in [3.63, 3.8) is 0 Å². The molecule has 0 spiro atoms. The normalized spacial score (nSPS) is 42.8. The van der Waals surface area contributed by atoms with Crippen molar-refractivity contribution in [3.8, 4) is 0 Å². The lowest BCUT2D eigenvalue weighted by Gasteiger charge is -2.43. The van der Waals surface area contributed by atoms with Gasteiger partial charge in [-0.1, -0.05) is 34.6 Å². The van der Waals surface area contributed by atoms with Gasteiger partial charge in [0.05, 0.1) is 0 Å². The van der Waals surface area contributed by atoms with Gasteiger partial charge in [0.15, 0.2) is 0 Å². The highest BCUT2D eigenvalue weighted by Gasteiger charge is 2.58. The van der Waals surface area contributed by atoms with E-state index < -0.39 is 0 Å². The average Bonchev–Trinajstić information content (AvgIpc) is 2.54. The second kappa shape index (κ2) is 3.48. The van der Waals surface area contributed by atoms with Crippen molar-refractivity contribution in [3.05, 3.63) is 0 Å². The zero-order valence-electron chi connectivity index (χ0n) is 11.1. The van der Waals surface area contributed by atoms with Crippen LogP contribution in [0.15, 0.2) is 0 Å². The average molecular weight is 209 g/mol. The van der Waals surface area contributed by atoms with Crippen LogP contribution >= 0.6 is 0 Å². The van der Waals surface area contributed by atoms with E-state index in [4.69, 9.17) is 0 Å².